The van der Waals surface area contributed by atoms with E-state index in [0.717, 1.165) is 60.7 Å². The average Bonchev–Trinajstić information content (AvgIpc) is 3.61. The van der Waals surface area contributed by atoms with E-state index in [2.05, 4.69) is 53.9 Å². The largest absolute Gasteiger partial charge is 0.317 e. The molecule has 2 aromatic carbocycles. The number of rotatable bonds is 5. The van der Waals surface area contributed by atoms with Gasteiger partial charge in [-0.3, -0.25) is 10.00 Å². The molecule has 1 fully saturated rings. The van der Waals surface area contributed by atoms with Gasteiger partial charge in [-0.1, -0.05) is 17.3 Å². The summed E-state index contributed by atoms with van der Waals surface area (Å²) in [5.41, 5.74) is 7.16. The summed E-state index contributed by atoms with van der Waals surface area (Å²) >= 11 is 0. The van der Waals surface area contributed by atoms with Crippen LogP contribution in [0.15, 0.2) is 60.9 Å². The molecule has 5 heterocycles. The Labute approximate surface area is 219 Å². The standard InChI is InChI=1S/C29H29FN8/c30-29-24(2-1-10-32-29)21-4-6-26-25(15-21)28(35-33-26)27-18-38(36-34-27)23-5-3-20-9-13-37(17-22(20)14-23)16-19-7-11-31-12-8-19/h1-6,10,14-15,18-19,31H,7-9,11-13,16-17H2,(H,33,35). The first-order chi connectivity index (χ1) is 18.7. The fraction of sp³-hybridized carbons (Fsp3) is 0.310. The Bertz CT molecular complexity index is 1600. The molecule has 2 aliphatic rings. The normalized spacial score (nSPS) is 16.7. The highest BCUT2D eigenvalue weighted by Gasteiger charge is 2.22. The van der Waals surface area contributed by atoms with E-state index in [-0.39, 0.29) is 0 Å². The van der Waals surface area contributed by atoms with Gasteiger partial charge in [0, 0.05) is 36.8 Å². The molecule has 0 aliphatic carbocycles. The molecule has 9 heteroatoms. The van der Waals surface area contributed by atoms with Gasteiger partial charge in [0.2, 0.25) is 5.95 Å². The molecule has 5 aromatic rings. The van der Waals surface area contributed by atoms with Crippen LogP contribution in [0, 0.1) is 11.9 Å². The number of nitrogens with one attached hydrogen (secondary N) is 2. The molecule has 0 atom stereocenters. The van der Waals surface area contributed by atoms with Gasteiger partial charge in [0.1, 0.15) is 11.4 Å². The lowest BCUT2D eigenvalue weighted by atomic mass is 9.94. The van der Waals surface area contributed by atoms with Gasteiger partial charge >= 0.3 is 0 Å². The van der Waals surface area contributed by atoms with Crippen LogP contribution in [0.3, 0.4) is 0 Å². The van der Waals surface area contributed by atoms with Gasteiger partial charge in [0.25, 0.3) is 0 Å². The number of nitrogens with zero attached hydrogens (tertiary/aromatic N) is 6. The number of H-pyrrole nitrogens is 1. The summed E-state index contributed by atoms with van der Waals surface area (Å²) in [5, 5.41) is 20.8. The number of fused-ring (bicyclic) bond motifs is 2. The van der Waals surface area contributed by atoms with Gasteiger partial charge in [-0.25, -0.2) is 9.67 Å². The molecular weight excluding hydrogens is 479 g/mol. The quantitative estimate of drug-likeness (QED) is 0.343. The van der Waals surface area contributed by atoms with Crippen molar-refractivity contribution in [2.24, 2.45) is 5.92 Å². The summed E-state index contributed by atoms with van der Waals surface area (Å²) in [6.45, 7) is 5.56. The minimum atomic E-state index is -0.496. The molecule has 0 saturated carbocycles. The zero-order chi connectivity index (χ0) is 25.5. The first-order valence-electron chi connectivity index (χ1n) is 13.3. The minimum absolute atomic E-state index is 0.452. The van der Waals surface area contributed by atoms with Crippen LogP contribution >= 0.6 is 0 Å². The molecule has 3 aromatic heterocycles. The minimum Gasteiger partial charge on any atom is -0.317 e. The van der Waals surface area contributed by atoms with Crippen molar-refractivity contribution < 1.29 is 4.39 Å². The number of aromatic nitrogens is 6. The Balaban J connectivity index is 1.15. The van der Waals surface area contributed by atoms with Crippen LogP contribution in [0.25, 0.3) is 39.1 Å². The van der Waals surface area contributed by atoms with E-state index in [9.17, 15) is 4.39 Å². The second-order valence-electron chi connectivity index (χ2n) is 10.4. The number of hydrogen-bond acceptors (Lipinski definition) is 6. The van der Waals surface area contributed by atoms with Crippen molar-refractivity contribution >= 4 is 10.9 Å². The van der Waals surface area contributed by atoms with Gasteiger partial charge in [-0.2, -0.15) is 9.49 Å². The maximum absolute atomic E-state index is 14.3. The van der Waals surface area contributed by atoms with E-state index in [4.69, 9.17) is 0 Å². The predicted octanol–water partition coefficient (Wildman–Crippen LogP) is 4.37. The molecule has 7 rings (SSSR count). The van der Waals surface area contributed by atoms with Crippen molar-refractivity contribution in [3.05, 3.63) is 78.0 Å². The van der Waals surface area contributed by atoms with Gasteiger partial charge in [0.15, 0.2) is 0 Å². The van der Waals surface area contributed by atoms with Crippen molar-refractivity contribution in [2.75, 3.05) is 26.2 Å². The number of pyridine rings is 1. The Kier molecular flexibility index (Phi) is 5.94. The SMILES string of the molecule is Fc1ncccc1-c1ccc2[nH]nc(-c3cn(-c4ccc5c(c4)CN(CC4CCNCC4)CC5)nn3)c2c1. The molecule has 38 heavy (non-hydrogen) atoms. The lowest BCUT2D eigenvalue weighted by molar-refractivity contribution is 0.191. The van der Waals surface area contributed by atoms with E-state index in [1.807, 2.05) is 29.1 Å². The third-order valence-electron chi connectivity index (χ3n) is 7.89. The molecule has 0 amide bonds. The molecule has 2 aliphatic heterocycles. The summed E-state index contributed by atoms with van der Waals surface area (Å²) in [5.74, 6) is 0.294. The number of halogens is 1. The first kappa shape index (κ1) is 23.2. The Morgan fingerprint density at radius 3 is 2.84 bits per heavy atom. The monoisotopic (exact) mass is 508 g/mol. The van der Waals surface area contributed by atoms with Crippen LogP contribution in [0.5, 0.6) is 0 Å². The highest BCUT2D eigenvalue weighted by molar-refractivity contribution is 5.94. The van der Waals surface area contributed by atoms with Gasteiger partial charge in [-0.05, 0) is 91.4 Å². The highest BCUT2D eigenvalue weighted by atomic mass is 19.1. The van der Waals surface area contributed by atoms with E-state index in [0.29, 0.717) is 17.0 Å². The van der Waals surface area contributed by atoms with Crippen LogP contribution in [0.4, 0.5) is 4.39 Å². The van der Waals surface area contributed by atoms with Crippen LogP contribution in [0.2, 0.25) is 0 Å². The van der Waals surface area contributed by atoms with E-state index >= 15 is 0 Å². The summed E-state index contributed by atoms with van der Waals surface area (Å²) in [6.07, 6.45) is 6.98. The molecule has 2 N–H and O–H groups in total. The third kappa shape index (κ3) is 4.37. The fourth-order valence-corrected chi connectivity index (χ4v) is 5.81. The van der Waals surface area contributed by atoms with Gasteiger partial charge in [0.05, 0.1) is 17.4 Å². The summed E-state index contributed by atoms with van der Waals surface area (Å²) < 4.78 is 16.1. The number of hydrogen-bond donors (Lipinski definition) is 2. The van der Waals surface area contributed by atoms with Crippen molar-refractivity contribution in [1.29, 1.82) is 0 Å². The number of benzene rings is 2. The molecule has 0 spiro atoms. The van der Waals surface area contributed by atoms with Crippen LogP contribution in [-0.4, -0.2) is 61.3 Å². The number of piperidine rings is 1. The Morgan fingerprint density at radius 1 is 1.03 bits per heavy atom. The molecule has 0 unspecified atom stereocenters. The molecule has 0 bridgehead atoms. The lowest BCUT2D eigenvalue weighted by Gasteiger charge is -2.33. The smallest absolute Gasteiger partial charge is 0.220 e. The third-order valence-corrected chi connectivity index (χ3v) is 7.89. The lowest BCUT2D eigenvalue weighted by Crippen LogP contribution is -2.38. The first-order valence-corrected chi connectivity index (χ1v) is 13.3. The fourth-order valence-electron chi connectivity index (χ4n) is 5.81. The Hall–Kier alpha value is -3.95. The van der Waals surface area contributed by atoms with Crippen molar-refractivity contribution in [3.8, 4) is 28.2 Å². The van der Waals surface area contributed by atoms with E-state index in [1.165, 1.54) is 36.7 Å². The molecule has 192 valence electrons. The van der Waals surface area contributed by atoms with Crippen LogP contribution in [0.1, 0.15) is 24.0 Å². The summed E-state index contributed by atoms with van der Waals surface area (Å²) in [4.78, 5) is 6.39. The summed E-state index contributed by atoms with van der Waals surface area (Å²) in [7, 11) is 0. The number of aromatic amines is 1. The van der Waals surface area contributed by atoms with Crippen LogP contribution in [-0.2, 0) is 13.0 Å². The topological polar surface area (TPSA) is 87.5 Å². The average molecular weight is 509 g/mol. The van der Waals surface area contributed by atoms with Crippen molar-refractivity contribution in [2.45, 2.75) is 25.8 Å². The molecule has 1 saturated heterocycles. The van der Waals surface area contributed by atoms with Gasteiger partial charge in [-0.15, -0.1) is 5.10 Å². The van der Waals surface area contributed by atoms with E-state index in [1.54, 1.807) is 12.1 Å². The second-order valence-corrected chi connectivity index (χ2v) is 10.4. The molecule has 0 radical (unpaired) electrons. The maximum atomic E-state index is 14.3. The molecular formula is C29H29FN8. The predicted molar refractivity (Wildman–Crippen MR) is 144 cm³/mol. The summed E-state index contributed by atoms with van der Waals surface area (Å²) in [6, 6.07) is 15.7. The zero-order valence-corrected chi connectivity index (χ0v) is 21.1. The van der Waals surface area contributed by atoms with Crippen molar-refractivity contribution in [1.82, 2.24) is 40.4 Å². The molecule has 8 nitrogen and oxygen atoms in total. The maximum Gasteiger partial charge on any atom is 0.220 e. The van der Waals surface area contributed by atoms with Crippen molar-refractivity contribution in [3.63, 3.8) is 0 Å². The van der Waals surface area contributed by atoms with Crippen LogP contribution < -0.4 is 5.32 Å². The van der Waals surface area contributed by atoms with E-state index < -0.39 is 5.95 Å². The Morgan fingerprint density at radius 2 is 1.95 bits per heavy atom. The zero-order valence-electron chi connectivity index (χ0n) is 21.1. The van der Waals surface area contributed by atoms with Gasteiger partial charge < -0.3 is 5.32 Å². The second kappa shape index (κ2) is 9.74. The highest BCUT2D eigenvalue weighted by Crippen LogP contribution is 2.31.